The first-order chi connectivity index (χ1) is 9.00. The lowest BCUT2D eigenvalue weighted by atomic mass is 10.0. The molecule has 0 aliphatic carbocycles. The Balaban J connectivity index is 2.14. The van der Waals surface area contributed by atoms with E-state index in [1.165, 1.54) is 11.1 Å². The molecule has 1 unspecified atom stereocenters. The minimum absolute atomic E-state index is 0.00880. The third-order valence-electron chi connectivity index (χ3n) is 3.71. The lowest BCUT2D eigenvalue weighted by Gasteiger charge is -2.19. The molecule has 0 radical (unpaired) electrons. The quantitative estimate of drug-likeness (QED) is 0.834. The molecule has 2 rings (SSSR count). The zero-order valence-corrected chi connectivity index (χ0v) is 11.7. The van der Waals surface area contributed by atoms with Crippen molar-refractivity contribution in [3.63, 3.8) is 0 Å². The first kappa shape index (κ1) is 13.6. The van der Waals surface area contributed by atoms with Crippen LogP contribution in [0.25, 0.3) is 0 Å². The first-order valence-electron chi connectivity index (χ1n) is 6.57. The van der Waals surface area contributed by atoms with Crippen LogP contribution in [0.1, 0.15) is 30.5 Å². The van der Waals surface area contributed by atoms with Gasteiger partial charge in [0.05, 0.1) is 6.04 Å². The monoisotopic (exact) mass is 260 g/mol. The number of aryl methyl sites for hydroxylation is 1. The molecule has 1 fully saturated rings. The zero-order chi connectivity index (χ0) is 14.0. The maximum atomic E-state index is 12.2. The van der Waals surface area contributed by atoms with Crippen molar-refractivity contribution in [2.24, 2.45) is 0 Å². The number of rotatable bonds is 4. The van der Waals surface area contributed by atoms with Gasteiger partial charge in [0.15, 0.2) is 0 Å². The molecule has 1 aromatic carbocycles. The minimum atomic E-state index is 0.00880. The van der Waals surface area contributed by atoms with Crippen LogP contribution < -0.4 is 0 Å². The number of carbonyl (C=O) groups is 2. The Kier molecular flexibility index (Phi) is 3.88. The Morgan fingerprint density at radius 3 is 2.68 bits per heavy atom. The van der Waals surface area contributed by atoms with Crippen molar-refractivity contribution in [1.29, 1.82) is 0 Å². The van der Waals surface area contributed by atoms with E-state index >= 15 is 0 Å². The van der Waals surface area contributed by atoms with Crippen molar-refractivity contribution in [1.82, 2.24) is 9.80 Å². The van der Waals surface area contributed by atoms with E-state index in [2.05, 4.69) is 19.1 Å². The molecule has 4 nitrogen and oxygen atoms in total. The number of nitrogens with zero attached hydrogens (tertiary/aromatic N) is 2. The van der Waals surface area contributed by atoms with Gasteiger partial charge in [0, 0.05) is 26.6 Å². The second-order valence-electron chi connectivity index (χ2n) is 5.16. The third-order valence-corrected chi connectivity index (χ3v) is 3.71. The zero-order valence-electron chi connectivity index (χ0n) is 11.7. The number of likely N-dealkylation sites (N-methyl/N-ethyl adjacent to an activating group) is 1. The van der Waals surface area contributed by atoms with Crippen molar-refractivity contribution in [3.8, 4) is 0 Å². The van der Waals surface area contributed by atoms with Gasteiger partial charge in [-0.2, -0.15) is 0 Å². The average Bonchev–Trinajstić information content (AvgIpc) is 2.65. The molecule has 0 bridgehead atoms. The maximum Gasteiger partial charge on any atom is 0.320 e. The van der Waals surface area contributed by atoms with Gasteiger partial charge in [-0.3, -0.25) is 4.79 Å². The van der Waals surface area contributed by atoms with E-state index in [0.717, 1.165) is 0 Å². The van der Waals surface area contributed by atoms with Crippen LogP contribution in [0.3, 0.4) is 0 Å². The van der Waals surface area contributed by atoms with Gasteiger partial charge in [0.25, 0.3) is 0 Å². The smallest absolute Gasteiger partial charge is 0.320 e. The van der Waals surface area contributed by atoms with Crippen LogP contribution in [0.15, 0.2) is 24.3 Å². The first-order valence-corrected chi connectivity index (χ1v) is 6.57. The number of carbonyl (C=O) groups excluding carboxylic acids is 2. The highest BCUT2D eigenvalue weighted by Crippen LogP contribution is 2.29. The lowest BCUT2D eigenvalue weighted by molar-refractivity contribution is -0.117. The number of hydrogen-bond donors (Lipinski definition) is 0. The number of amides is 2. The molecule has 2 amide bonds. The van der Waals surface area contributed by atoms with Gasteiger partial charge < -0.3 is 9.80 Å². The molecule has 0 spiro atoms. The van der Waals surface area contributed by atoms with Crippen molar-refractivity contribution in [2.45, 2.75) is 26.3 Å². The molecule has 1 heterocycles. The van der Waals surface area contributed by atoms with Gasteiger partial charge in [-0.25, -0.2) is 4.79 Å². The summed E-state index contributed by atoms with van der Waals surface area (Å²) in [5.41, 5.74) is 2.38. The number of benzene rings is 1. The third kappa shape index (κ3) is 2.78. The summed E-state index contributed by atoms with van der Waals surface area (Å²) in [4.78, 5) is 26.7. The second-order valence-corrected chi connectivity index (χ2v) is 5.16. The number of ketones is 1. The molecule has 1 aliphatic heterocycles. The Hall–Kier alpha value is -1.84. The molecular formula is C15H20N2O2. The van der Waals surface area contributed by atoms with Gasteiger partial charge >= 0.3 is 6.03 Å². The Labute approximate surface area is 114 Å². The van der Waals surface area contributed by atoms with Crippen LogP contribution in [0.2, 0.25) is 0 Å². The fraction of sp³-hybridized carbons (Fsp3) is 0.467. The summed E-state index contributed by atoms with van der Waals surface area (Å²) >= 11 is 0. The van der Waals surface area contributed by atoms with Crippen LogP contribution in [0, 0.1) is 6.92 Å². The SMILES string of the molecule is CC(=O)CCN1CC(c2ccccc2C)N(C)C1=O. The molecule has 0 N–H and O–H groups in total. The number of Topliss-reactive ketones (excluding diaryl/α,β-unsaturated/α-hetero) is 1. The van der Waals surface area contributed by atoms with E-state index in [1.54, 1.807) is 16.7 Å². The van der Waals surface area contributed by atoms with Crippen molar-refractivity contribution in [2.75, 3.05) is 20.1 Å². The van der Waals surface area contributed by atoms with E-state index < -0.39 is 0 Å². The summed E-state index contributed by atoms with van der Waals surface area (Å²) in [6, 6.07) is 8.22. The van der Waals surface area contributed by atoms with Crippen molar-refractivity contribution >= 4 is 11.8 Å². The van der Waals surface area contributed by atoms with Gasteiger partial charge in [-0.1, -0.05) is 24.3 Å². The molecule has 102 valence electrons. The Morgan fingerprint density at radius 1 is 1.37 bits per heavy atom. The van der Waals surface area contributed by atoms with Crippen molar-refractivity contribution < 1.29 is 9.59 Å². The average molecular weight is 260 g/mol. The fourth-order valence-corrected chi connectivity index (χ4v) is 2.51. The highest BCUT2D eigenvalue weighted by molar-refractivity contribution is 5.79. The number of urea groups is 1. The Morgan fingerprint density at radius 2 is 2.05 bits per heavy atom. The van der Waals surface area contributed by atoms with E-state index in [1.807, 2.05) is 19.2 Å². The fourth-order valence-electron chi connectivity index (χ4n) is 2.51. The van der Waals surface area contributed by atoms with Gasteiger partial charge in [0.1, 0.15) is 5.78 Å². The molecule has 4 heteroatoms. The highest BCUT2D eigenvalue weighted by atomic mass is 16.2. The van der Waals surface area contributed by atoms with Gasteiger partial charge in [0.2, 0.25) is 0 Å². The van der Waals surface area contributed by atoms with Crippen LogP contribution >= 0.6 is 0 Å². The Bertz CT molecular complexity index is 499. The topological polar surface area (TPSA) is 40.6 Å². The summed E-state index contributed by atoms with van der Waals surface area (Å²) in [7, 11) is 1.83. The van der Waals surface area contributed by atoms with Crippen molar-refractivity contribution in [3.05, 3.63) is 35.4 Å². The molecule has 1 aromatic rings. The van der Waals surface area contributed by atoms with E-state index in [0.29, 0.717) is 19.5 Å². The molecule has 0 saturated carbocycles. The maximum absolute atomic E-state index is 12.2. The lowest BCUT2D eigenvalue weighted by Crippen LogP contribution is -2.31. The van der Waals surface area contributed by atoms with E-state index in [4.69, 9.17) is 0 Å². The second kappa shape index (κ2) is 5.43. The molecule has 1 saturated heterocycles. The largest absolute Gasteiger partial charge is 0.322 e. The van der Waals surface area contributed by atoms with Crippen LogP contribution in [-0.2, 0) is 4.79 Å². The van der Waals surface area contributed by atoms with E-state index in [9.17, 15) is 9.59 Å². The standard InChI is InChI=1S/C15H20N2O2/c1-11-6-4-5-7-13(11)14-10-17(9-8-12(2)18)15(19)16(14)3/h4-7,14H,8-10H2,1-3H3. The molecule has 0 aromatic heterocycles. The molecular weight excluding hydrogens is 240 g/mol. The predicted octanol–water partition coefficient (Wildman–Crippen LogP) is 2.38. The molecule has 1 atom stereocenters. The van der Waals surface area contributed by atoms with Crippen LogP contribution in [-0.4, -0.2) is 41.8 Å². The molecule has 19 heavy (non-hydrogen) atoms. The minimum Gasteiger partial charge on any atom is -0.322 e. The summed E-state index contributed by atoms with van der Waals surface area (Å²) in [6.07, 6.45) is 0.431. The van der Waals surface area contributed by atoms with E-state index in [-0.39, 0.29) is 17.9 Å². The summed E-state index contributed by atoms with van der Waals surface area (Å²) in [5, 5.41) is 0. The summed E-state index contributed by atoms with van der Waals surface area (Å²) in [6.45, 7) is 4.79. The highest BCUT2D eigenvalue weighted by Gasteiger charge is 2.35. The predicted molar refractivity (Wildman–Crippen MR) is 74.0 cm³/mol. The normalized spacial score (nSPS) is 19.1. The van der Waals surface area contributed by atoms with Crippen LogP contribution in [0.5, 0.6) is 0 Å². The summed E-state index contributed by atoms with van der Waals surface area (Å²) < 4.78 is 0. The summed E-state index contributed by atoms with van der Waals surface area (Å²) in [5.74, 6) is 0.120. The molecule has 1 aliphatic rings. The van der Waals surface area contributed by atoms with Crippen LogP contribution in [0.4, 0.5) is 4.79 Å². The van der Waals surface area contributed by atoms with Gasteiger partial charge in [-0.15, -0.1) is 0 Å². The van der Waals surface area contributed by atoms with Gasteiger partial charge in [-0.05, 0) is 25.0 Å². The number of hydrogen-bond acceptors (Lipinski definition) is 2.